The van der Waals surface area contributed by atoms with Gasteiger partial charge in [0.15, 0.2) is 0 Å². The average molecular weight is 402 g/mol. The van der Waals surface area contributed by atoms with Gasteiger partial charge in [0.25, 0.3) is 11.8 Å². The predicted molar refractivity (Wildman–Crippen MR) is 110 cm³/mol. The molecular weight excluding hydrogens is 370 g/mol. The highest BCUT2D eigenvalue weighted by Crippen LogP contribution is 2.24. The molecule has 2 aliphatic heterocycles. The van der Waals surface area contributed by atoms with E-state index in [9.17, 15) is 14.4 Å². The smallest absolute Gasteiger partial charge is 0.261 e. The van der Waals surface area contributed by atoms with Gasteiger partial charge in [-0.25, -0.2) is 0 Å². The lowest BCUT2D eigenvalue weighted by Gasteiger charge is -2.41. The Labute approximate surface area is 172 Å². The summed E-state index contributed by atoms with van der Waals surface area (Å²) in [4.78, 5) is 43.4. The van der Waals surface area contributed by atoms with Crippen LogP contribution in [0.3, 0.4) is 0 Å². The Bertz CT molecular complexity index is 779. The molecule has 1 fully saturated rings. The van der Waals surface area contributed by atoms with E-state index in [0.717, 1.165) is 31.5 Å². The average Bonchev–Trinajstić information content (AvgIpc) is 2.95. The largest absolute Gasteiger partial charge is 0.383 e. The van der Waals surface area contributed by atoms with Crippen molar-refractivity contribution in [2.45, 2.75) is 39.2 Å². The first kappa shape index (κ1) is 21.5. The maximum Gasteiger partial charge on any atom is 0.261 e. The van der Waals surface area contributed by atoms with Crippen LogP contribution in [0, 0.1) is 6.92 Å². The Balaban J connectivity index is 1.57. The Morgan fingerprint density at radius 1 is 1.14 bits per heavy atom. The van der Waals surface area contributed by atoms with Gasteiger partial charge < -0.3 is 9.64 Å². The molecule has 1 unspecified atom stereocenters. The zero-order chi connectivity index (χ0) is 21.0. The number of ether oxygens (including phenoxy) is 1. The van der Waals surface area contributed by atoms with Crippen LogP contribution in [-0.4, -0.2) is 84.9 Å². The minimum absolute atomic E-state index is 0.00484. The fraction of sp³-hybridized carbons (Fsp3) is 0.591. The number of benzene rings is 1. The van der Waals surface area contributed by atoms with Crippen molar-refractivity contribution in [3.8, 4) is 0 Å². The van der Waals surface area contributed by atoms with Crippen LogP contribution in [0.2, 0.25) is 0 Å². The quantitative estimate of drug-likeness (QED) is 0.623. The molecular formula is C22H31N3O4. The molecule has 0 N–H and O–H groups in total. The van der Waals surface area contributed by atoms with E-state index in [2.05, 4.69) is 11.8 Å². The molecule has 0 aliphatic carbocycles. The Kier molecular flexibility index (Phi) is 7.03. The van der Waals surface area contributed by atoms with Crippen LogP contribution in [0.1, 0.15) is 52.5 Å². The van der Waals surface area contributed by atoms with E-state index in [-0.39, 0.29) is 30.7 Å². The highest BCUT2D eigenvalue weighted by Gasteiger charge is 2.36. The van der Waals surface area contributed by atoms with Crippen LogP contribution in [-0.2, 0) is 9.53 Å². The van der Waals surface area contributed by atoms with Crippen molar-refractivity contribution in [1.29, 1.82) is 0 Å². The van der Waals surface area contributed by atoms with Gasteiger partial charge in [0, 0.05) is 52.3 Å². The molecule has 1 saturated heterocycles. The maximum absolute atomic E-state index is 12.8. The number of piperazine rings is 1. The standard InChI is InChI=1S/C22H31N3O4/c1-4-5-17-15-24(11-10-23(17)12-13-29-3)20(26)8-9-25-21(27)18-7-6-16(2)14-19(18)22(25)28/h6-7,14,17H,4-5,8-13,15H2,1-3H3. The zero-order valence-corrected chi connectivity index (χ0v) is 17.6. The van der Waals surface area contributed by atoms with E-state index < -0.39 is 0 Å². The zero-order valence-electron chi connectivity index (χ0n) is 17.6. The highest BCUT2D eigenvalue weighted by atomic mass is 16.5. The minimum Gasteiger partial charge on any atom is -0.383 e. The fourth-order valence-electron chi connectivity index (χ4n) is 4.20. The van der Waals surface area contributed by atoms with Crippen LogP contribution < -0.4 is 0 Å². The number of carbonyl (C=O) groups is 3. The molecule has 0 spiro atoms. The molecule has 7 heteroatoms. The number of imide groups is 1. The van der Waals surface area contributed by atoms with Crippen LogP contribution in [0.4, 0.5) is 0 Å². The number of rotatable bonds is 8. The molecule has 1 atom stereocenters. The molecule has 7 nitrogen and oxygen atoms in total. The Hall–Kier alpha value is -2.25. The second kappa shape index (κ2) is 9.50. The number of hydrogen-bond donors (Lipinski definition) is 0. The van der Waals surface area contributed by atoms with Gasteiger partial charge in [-0.3, -0.25) is 24.2 Å². The molecule has 2 heterocycles. The Morgan fingerprint density at radius 2 is 1.90 bits per heavy atom. The van der Waals surface area contributed by atoms with Crippen molar-refractivity contribution in [2.24, 2.45) is 0 Å². The molecule has 0 aromatic heterocycles. The second-order valence-corrected chi connectivity index (χ2v) is 7.87. The van der Waals surface area contributed by atoms with Crippen LogP contribution in [0.25, 0.3) is 0 Å². The number of fused-ring (bicyclic) bond motifs is 1. The van der Waals surface area contributed by atoms with Gasteiger partial charge >= 0.3 is 0 Å². The van der Waals surface area contributed by atoms with E-state index in [4.69, 9.17) is 4.74 Å². The Morgan fingerprint density at radius 3 is 2.62 bits per heavy atom. The lowest BCUT2D eigenvalue weighted by Crippen LogP contribution is -2.55. The number of aryl methyl sites for hydroxylation is 1. The van der Waals surface area contributed by atoms with Gasteiger partial charge in [0.1, 0.15) is 0 Å². The van der Waals surface area contributed by atoms with Crippen molar-refractivity contribution >= 4 is 17.7 Å². The molecule has 3 amide bonds. The predicted octanol–water partition coefficient (Wildman–Crippen LogP) is 1.94. The molecule has 29 heavy (non-hydrogen) atoms. The first-order chi connectivity index (χ1) is 14.0. The summed E-state index contributed by atoms with van der Waals surface area (Å²) in [5.41, 5.74) is 1.82. The number of amides is 3. The van der Waals surface area contributed by atoms with E-state index in [1.54, 1.807) is 19.2 Å². The molecule has 1 aromatic carbocycles. The summed E-state index contributed by atoms with van der Waals surface area (Å²) in [6, 6.07) is 5.60. The molecule has 0 bridgehead atoms. The van der Waals surface area contributed by atoms with Crippen LogP contribution in [0.15, 0.2) is 18.2 Å². The number of nitrogens with zero attached hydrogens (tertiary/aromatic N) is 3. The van der Waals surface area contributed by atoms with E-state index in [1.165, 1.54) is 4.90 Å². The molecule has 0 radical (unpaired) electrons. The van der Waals surface area contributed by atoms with Gasteiger partial charge in [0.2, 0.25) is 5.91 Å². The van der Waals surface area contributed by atoms with Gasteiger partial charge in [-0.15, -0.1) is 0 Å². The fourth-order valence-corrected chi connectivity index (χ4v) is 4.20. The third-order valence-corrected chi connectivity index (χ3v) is 5.84. The lowest BCUT2D eigenvalue weighted by atomic mass is 10.1. The number of carbonyl (C=O) groups excluding carboxylic acids is 3. The summed E-state index contributed by atoms with van der Waals surface area (Å²) in [6.07, 6.45) is 2.26. The normalized spacial score (nSPS) is 19.8. The van der Waals surface area contributed by atoms with Gasteiger partial charge in [-0.2, -0.15) is 0 Å². The SMILES string of the molecule is CCCC1CN(C(=O)CCN2C(=O)c3ccc(C)cc3C2=O)CCN1CCOC. The van der Waals surface area contributed by atoms with Crippen LogP contribution >= 0.6 is 0 Å². The maximum atomic E-state index is 12.8. The summed E-state index contributed by atoms with van der Waals surface area (Å²) < 4.78 is 5.20. The highest BCUT2D eigenvalue weighted by molar-refractivity contribution is 6.21. The third kappa shape index (κ3) is 4.67. The molecule has 2 aliphatic rings. The van der Waals surface area contributed by atoms with E-state index >= 15 is 0 Å². The van der Waals surface area contributed by atoms with Crippen molar-refractivity contribution in [2.75, 3.05) is 46.4 Å². The third-order valence-electron chi connectivity index (χ3n) is 5.84. The first-order valence-corrected chi connectivity index (χ1v) is 10.4. The number of hydrogen-bond acceptors (Lipinski definition) is 5. The molecule has 158 valence electrons. The second-order valence-electron chi connectivity index (χ2n) is 7.87. The topological polar surface area (TPSA) is 70.2 Å². The monoisotopic (exact) mass is 401 g/mol. The lowest BCUT2D eigenvalue weighted by molar-refractivity contribution is -0.134. The summed E-state index contributed by atoms with van der Waals surface area (Å²) >= 11 is 0. The van der Waals surface area contributed by atoms with Crippen LogP contribution in [0.5, 0.6) is 0 Å². The van der Waals surface area contributed by atoms with E-state index in [0.29, 0.717) is 36.9 Å². The first-order valence-electron chi connectivity index (χ1n) is 10.4. The van der Waals surface area contributed by atoms with Crippen molar-refractivity contribution < 1.29 is 19.1 Å². The van der Waals surface area contributed by atoms with Crippen molar-refractivity contribution in [3.63, 3.8) is 0 Å². The van der Waals surface area contributed by atoms with Gasteiger partial charge in [-0.05, 0) is 25.5 Å². The summed E-state index contributed by atoms with van der Waals surface area (Å²) in [7, 11) is 1.70. The van der Waals surface area contributed by atoms with Crippen molar-refractivity contribution in [1.82, 2.24) is 14.7 Å². The summed E-state index contributed by atoms with van der Waals surface area (Å²) in [5.74, 6) is -0.592. The summed E-state index contributed by atoms with van der Waals surface area (Å²) in [5, 5.41) is 0. The number of methoxy groups -OCH3 is 1. The van der Waals surface area contributed by atoms with Gasteiger partial charge in [0.05, 0.1) is 17.7 Å². The molecule has 1 aromatic rings. The minimum atomic E-state index is -0.300. The van der Waals surface area contributed by atoms with Gasteiger partial charge in [-0.1, -0.05) is 25.0 Å². The molecule has 0 saturated carbocycles. The van der Waals surface area contributed by atoms with E-state index in [1.807, 2.05) is 17.9 Å². The molecule has 3 rings (SSSR count). The van der Waals surface area contributed by atoms with Crippen molar-refractivity contribution in [3.05, 3.63) is 34.9 Å². The summed E-state index contributed by atoms with van der Waals surface area (Å²) in [6.45, 7) is 7.92.